The second-order valence-corrected chi connectivity index (χ2v) is 3.70. The molecule has 4 heteroatoms. The first-order chi connectivity index (χ1) is 8.16. The second kappa shape index (κ2) is 6.54. The predicted molar refractivity (Wildman–Crippen MR) is 63.1 cm³/mol. The summed E-state index contributed by atoms with van der Waals surface area (Å²) in [7, 11) is 0. The summed E-state index contributed by atoms with van der Waals surface area (Å²) in [5.41, 5.74) is 0.903. The minimum atomic E-state index is -0.947. The summed E-state index contributed by atoms with van der Waals surface area (Å²) in [6.07, 6.45) is 2.12. The van der Waals surface area contributed by atoms with Crippen molar-refractivity contribution in [2.24, 2.45) is 0 Å². The summed E-state index contributed by atoms with van der Waals surface area (Å²) in [6.45, 7) is 2.24. The van der Waals surface area contributed by atoms with Gasteiger partial charge in [0, 0.05) is 12.0 Å². The lowest BCUT2D eigenvalue weighted by Crippen LogP contribution is -2.04. The second-order valence-electron chi connectivity index (χ2n) is 3.70. The van der Waals surface area contributed by atoms with Crippen LogP contribution in [0.5, 0.6) is 5.75 Å². The highest BCUT2D eigenvalue weighted by Gasteiger charge is 2.10. The summed E-state index contributed by atoms with van der Waals surface area (Å²) in [4.78, 5) is 10.9. The van der Waals surface area contributed by atoms with Crippen molar-refractivity contribution in [2.75, 3.05) is 6.61 Å². The monoisotopic (exact) mass is 233 g/mol. The molecular weight excluding hydrogens is 218 g/mol. The Labute approximate surface area is 100 Å². The zero-order valence-corrected chi connectivity index (χ0v) is 9.77. The van der Waals surface area contributed by atoms with Gasteiger partial charge in [0.2, 0.25) is 0 Å². The van der Waals surface area contributed by atoms with Gasteiger partial charge in [0.15, 0.2) is 0 Å². The highest BCUT2D eigenvalue weighted by molar-refractivity contribution is 5.90. The molecule has 0 fully saturated rings. The van der Waals surface area contributed by atoms with Crippen molar-refractivity contribution in [3.8, 4) is 11.8 Å². The maximum atomic E-state index is 10.9. The van der Waals surface area contributed by atoms with Crippen LogP contribution in [-0.4, -0.2) is 17.7 Å². The molecule has 1 rings (SSSR count). The quantitative estimate of drug-likeness (QED) is 0.767. The molecule has 0 saturated heterocycles. The Morgan fingerprint density at radius 3 is 2.88 bits per heavy atom. The largest absolute Gasteiger partial charge is 0.493 e. The van der Waals surface area contributed by atoms with Crippen LogP contribution in [0, 0.1) is 18.3 Å². The molecular formula is C13H15NO3. The molecule has 4 nitrogen and oxygen atoms in total. The van der Waals surface area contributed by atoms with Gasteiger partial charge >= 0.3 is 5.97 Å². The van der Waals surface area contributed by atoms with E-state index in [1.54, 1.807) is 25.1 Å². The molecule has 1 N–H and O–H groups in total. The van der Waals surface area contributed by atoms with Gasteiger partial charge in [-0.05, 0) is 31.9 Å². The third-order valence-corrected chi connectivity index (χ3v) is 2.45. The third-order valence-electron chi connectivity index (χ3n) is 2.45. The maximum Gasteiger partial charge on any atom is 0.336 e. The number of rotatable bonds is 6. The zero-order chi connectivity index (χ0) is 12.7. The summed E-state index contributed by atoms with van der Waals surface area (Å²) in [5, 5.41) is 17.3. The molecule has 0 amide bonds. The molecule has 0 unspecified atom stereocenters. The molecule has 0 atom stereocenters. The third kappa shape index (κ3) is 3.80. The Kier molecular flexibility index (Phi) is 5.02. The van der Waals surface area contributed by atoms with Crippen molar-refractivity contribution in [3.05, 3.63) is 29.3 Å². The number of ether oxygens (including phenoxy) is 1. The number of unbranched alkanes of at least 4 members (excludes halogenated alkanes) is 2. The fourth-order valence-corrected chi connectivity index (χ4v) is 1.49. The number of hydrogen-bond acceptors (Lipinski definition) is 3. The van der Waals surface area contributed by atoms with E-state index < -0.39 is 5.97 Å². The molecule has 1 aromatic rings. The Morgan fingerprint density at radius 2 is 2.24 bits per heavy atom. The fourth-order valence-electron chi connectivity index (χ4n) is 1.49. The molecule has 0 aliphatic carbocycles. The van der Waals surface area contributed by atoms with Gasteiger partial charge < -0.3 is 9.84 Å². The van der Waals surface area contributed by atoms with Crippen LogP contribution in [0.1, 0.15) is 35.2 Å². The van der Waals surface area contributed by atoms with Crippen LogP contribution >= 0.6 is 0 Å². The molecule has 0 radical (unpaired) electrons. The Balaban J connectivity index is 2.57. The average molecular weight is 233 g/mol. The number of nitriles is 1. The minimum Gasteiger partial charge on any atom is -0.493 e. The Hall–Kier alpha value is -2.02. The molecule has 0 bridgehead atoms. The van der Waals surface area contributed by atoms with Crippen LogP contribution in [0.25, 0.3) is 0 Å². The summed E-state index contributed by atoms with van der Waals surface area (Å²) >= 11 is 0. The molecule has 17 heavy (non-hydrogen) atoms. The van der Waals surface area contributed by atoms with Crippen LogP contribution in [0.4, 0.5) is 0 Å². The van der Waals surface area contributed by atoms with E-state index in [-0.39, 0.29) is 5.56 Å². The van der Waals surface area contributed by atoms with Crippen molar-refractivity contribution in [3.63, 3.8) is 0 Å². The number of carbonyl (C=O) groups is 1. The normalized spacial score (nSPS) is 9.65. The van der Waals surface area contributed by atoms with Crippen molar-refractivity contribution in [1.29, 1.82) is 5.26 Å². The smallest absolute Gasteiger partial charge is 0.336 e. The first-order valence-corrected chi connectivity index (χ1v) is 5.49. The summed E-state index contributed by atoms with van der Waals surface area (Å²) in [6, 6.07) is 7.05. The Bertz CT molecular complexity index is 435. The average Bonchev–Trinajstić information content (AvgIpc) is 2.30. The van der Waals surface area contributed by atoms with Crippen LogP contribution in [0.15, 0.2) is 18.2 Å². The predicted octanol–water partition coefficient (Wildman–Crippen LogP) is 2.77. The topological polar surface area (TPSA) is 70.3 Å². The lowest BCUT2D eigenvalue weighted by molar-refractivity contribution is 0.0695. The number of hydrogen-bond donors (Lipinski definition) is 1. The van der Waals surface area contributed by atoms with Gasteiger partial charge in [-0.3, -0.25) is 0 Å². The molecule has 0 heterocycles. The van der Waals surface area contributed by atoms with Gasteiger partial charge in [0.1, 0.15) is 5.75 Å². The first-order valence-electron chi connectivity index (χ1n) is 5.49. The van der Waals surface area contributed by atoms with E-state index >= 15 is 0 Å². The molecule has 0 aromatic heterocycles. The van der Waals surface area contributed by atoms with Crippen LogP contribution in [0.3, 0.4) is 0 Å². The van der Waals surface area contributed by atoms with Crippen molar-refractivity contribution in [2.45, 2.75) is 26.2 Å². The minimum absolute atomic E-state index is 0.263. The zero-order valence-electron chi connectivity index (χ0n) is 9.77. The number of nitrogens with zero attached hydrogens (tertiary/aromatic N) is 1. The highest BCUT2D eigenvalue weighted by Crippen LogP contribution is 2.21. The van der Waals surface area contributed by atoms with Crippen LogP contribution in [0.2, 0.25) is 0 Å². The maximum absolute atomic E-state index is 10.9. The van der Waals surface area contributed by atoms with E-state index in [1.165, 1.54) is 0 Å². The van der Waals surface area contributed by atoms with Crippen LogP contribution < -0.4 is 4.74 Å². The van der Waals surface area contributed by atoms with Gasteiger partial charge in [0.05, 0.1) is 18.2 Å². The number of aromatic carboxylic acids is 1. The van der Waals surface area contributed by atoms with Gasteiger partial charge in [-0.25, -0.2) is 4.79 Å². The number of carboxylic acid groups (broad SMARTS) is 1. The van der Waals surface area contributed by atoms with Gasteiger partial charge in [-0.2, -0.15) is 5.26 Å². The van der Waals surface area contributed by atoms with Crippen molar-refractivity contribution in [1.82, 2.24) is 0 Å². The van der Waals surface area contributed by atoms with E-state index in [9.17, 15) is 4.79 Å². The lowest BCUT2D eigenvalue weighted by atomic mass is 10.1. The van der Waals surface area contributed by atoms with E-state index in [0.29, 0.717) is 24.3 Å². The highest BCUT2D eigenvalue weighted by atomic mass is 16.5. The first kappa shape index (κ1) is 13.0. The SMILES string of the molecule is Cc1c(OCCCCC#N)cccc1C(=O)O. The summed E-state index contributed by atoms with van der Waals surface area (Å²) in [5.74, 6) is -0.348. The molecule has 0 saturated carbocycles. The fraction of sp³-hybridized carbons (Fsp3) is 0.385. The molecule has 0 spiro atoms. The standard InChI is InChI=1S/C13H15NO3/c1-10-11(13(15)16)6-5-7-12(10)17-9-4-2-3-8-14/h5-7H,2-4,9H2,1H3,(H,15,16). The molecule has 90 valence electrons. The van der Waals surface area contributed by atoms with E-state index in [4.69, 9.17) is 15.1 Å². The van der Waals surface area contributed by atoms with E-state index in [0.717, 1.165) is 12.8 Å². The van der Waals surface area contributed by atoms with Gasteiger partial charge in [-0.1, -0.05) is 6.07 Å². The molecule has 0 aliphatic heterocycles. The molecule has 1 aromatic carbocycles. The van der Waals surface area contributed by atoms with Crippen LogP contribution in [-0.2, 0) is 0 Å². The van der Waals surface area contributed by atoms with E-state index in [2.05, 4.69) is 6.07 Å². The number of carboxylic acids is 1. The van der Waals surface area contributed by atoms with Gasteiger partial charge in [-0.15, -0.1) is 0 Å². The number of benzene rings is 1. The van der Waals surface area contributed by atoms with Gasteiger partial charge in [0.25, 0.3) is 0 Å². The summed E-state index contributed by atoms with van der Waals surface area (Å²) < 4.78 is 5.50. The van der Waals surface area contributed by atoms with Crippen molar-refractivity contribution >= 4 is 5.97 Å². The molecule has 0 aliphatic rings. The van der Waals surface area contributed by atoms with E-state index in [1.807, 2.05) is 0 Å². The van der Waals surface area contributed by atoms with Crippen molar-refractivity contribution < 1.29 is 14.6 Å². The Morgan fingerprint density at radius 1 is 1.47 bits per heavy atom. The lowest BCUT2D eigenvalue weighted by Gasteiger charge is -2.10.